The lowest BCUT2D eigenvalue weighted by Gasteiger charge is -2.11. The summed E-state index contributed by atoms with van der Waals surface area (Å²) in [6, 6.07) is 5.62. The highest BCUT2D eigenvalue weighted by atomic mass is 79.9. The highest BCUT2D eigenvalue weighted by Gasteiger charge is 2.16. The second-order valence-corrected chi connectivity index (χ2v) is 3.80. The van der Waals surface area contributed by atoms with E-state index in [0.29, 0.717) is 13.2 Å². The third-order valence-corrected chi connectivity index (χ3v) is 2.46. The molecule has 1 heterocycles. The zero-order valence-electron chi connectivity index (χ0n) is 6.96. The molecule has 0 radical (unpaired) electrons. The molecule has 0 fully saturated rings. The number of fused-ring (bicyclic) bond motifs is 1. The second kappa shape index (κ2) is 3.65. The molecule has 4 heteroatoms. The third kappa shape index (κ3) is 1.85. The topological polar surface area (TPSA) is 41.5 Å². The molecular weight excluding hydrogens is 234 g/mol. The summed E-state index contributed by atoms with van der Waals surface area (Å²) in [5, 5.41) is 12.6. The molecule has 3 nitrogen and oxygen atoms in total. The van der Waals surface area contributed by atoms with Gasteiger partial charge >= 0.3 is 0 Å². The molecule has 13 heavy (non-hydrogen) atoms. The summed E-state index contributed by atoms with van der Waals surface area (Å²) in [6.45, 7) is 1.25. The first-order chi connectivity index (χ1) is 6.27. The summed E-state index contributed by atoms with van der Waals surface area (Å²) >= 11 is 3.35. The first-order valence-corrected chi connectivity index (χ1v) is 4.90. The van der Waals surface area contributed by atoms with E-state index in [2.05, 4.69) is 21.2 Å². The van der Waals surface area contributed by atoms with Crippen molar-refractivity contribution >= 4 is 15.9 Å². The van der Waals surface area contributed by atoms with Crippen molar-refractivity contribution in [3.05, 3.63) is 28.2 Å². The van der Waals surface area contributed by atoms with Gasteiger partial charge in [-0.15, -0.1) is 0 Å². The summed E-state index contributed by atoms with van der Waals surface area (Å²) in [7, 11) is 0. The van der Waals surface area contributed by atoms with Crippen molar-refractivity contribution < 1.29 is 9.84 Å². The number of nitrogens with one attached hydrogen (secondary N) is 1. The summed E-state index contributed by atoms with van der Waals surface area (Å²) in [6.07, 6.45) is -0.630. The smallest absolute Gasteiger partial charge is 0.134 e. The van der Waals surface area contributed by atoms with Gasteiger partial charge in [0.25, 0.3) is 0 Å². The normalized spacial score (nSPS) is 21.5. The van der Waals surface area contributed by atoms with E-state index in [-0.39, 0.29) is 0 Å². The zero-order chi connectivity index (χ0) is 9.26. The van der Waals surface area contributed by atoms with Crippen LogP contribution in [0.2, 0.25) is 0 Å². The summed E-state index contributed by atoms with van der Waals surface area (Å²) in [4.78, 5) is 0. The lowest BCUT2D eigenvalue weighted by molar-refractivity contribution is 0.142. The Labute approximate surface area is 84.8 Å². The van der Waals surface area contributed by atoms with Crippen LogP contribution < -0.4 is 10.1 Å². The molecule has 2 N–H and O–H groups in total. The Morgan fingerprint density at radius 1 is 1.54 bits per heavy atom. The number of benzene rings is 1. The van der Waals surface area contributed by atoms with Gasteiger partial charge in [-0.05, 0) is 18.2 Å². The Hall–Kier alpha value is -0.580. The Morgan fingerprint density at radius 2 is 2.38 bits per heavy atom. The lowest BCUT2D eigenvalue weighted by atomic mass is 10.2. The highest BCUT2D eigenvalue weighted by molar-refractivity contribution is 9.10. The molecule has 1 aromatic carbocycles. The van der Waals surface area contributed by atoms with Gasteiger partial charge in [0, 0.05) is 16.6 Å². The summed E-state index contributed by atoms with van der Waals surface area (Å²) in [5.41, 5.74) is 0.784. The summed E-state index contributed by atoms with van der Waals surface area (Å²) in [5.74, 6) is 0.751. The van der Waals surface area contributed by atoms with Crippen molar-refractivity contribution in [2.45, 2.75) is 6.23 Å². The van der Waals surface area contributed by atoms with E-state index in [9.17, 15) is 5.11 Å². The number of ether oxygens (including phenoxy) is 1. The van der Waals surface area contributed by atoms with Gasteiger partial charge in [-0.3, -0.25) is 5.32 Å². The van der Waals surface area contributed by atoms with Crippen LogP contribution in [0.3, 0.4) is 0 Å². The van der Waals surface area contributed by atoms with Crippen LogP contribution in [0.1, 0.15) is 11.8 Å². The van der Waals surface area contributed by atoms with E-state index in [1.165, 1.54) is 0 Å². The average molecular weight is 244 g/mol. The Bertz CT molecular complexity index is 316. The standard InChI is InChI=1S/C9H10BrNO2/c10-6-1-2-8-7(5-6)9(12)11-3-4-13-8/h1-2,5,9,11-12H,3-4H2. The van der Waals surface area contributed by atoms with Crippen LogP contribution in [0.4, 0.5) is 0 Å². The van der Waals surface area contributed by atoms with Gasteiger partial charge in [0.05, 0.1) is 0 Å². The molecule has 1 atom stereocenters. The van der Waals surface area contributed by atoms with E-state index in [4.69, 9.17) is 4.74 Å². The van der Waals surface area contributed by atoms with E-state index in [1.807, 2.05) is 18.2 Å². The Morgan fingerprint density at radius 3 is 3.23 bits per heavy atom. The molecule has 0 spiro atoms. The van der Waals surface area contributed by atoms with Crippen LogP contribution in [-0.2, 0) is 0 Å². The van der Waals surface area contributed by atoms with Crippen molar-refractivity contribution in [1.29, 1.82) is 0 Å². The van der Waals surface area contributed by atoms with Gasteiger partial charge in [-0.2, -0.15) is 0 Å². The first-order valence-electron chi connectivity index (χ1n) is 4.11. The molecule has 2 rings (SSSR count). The number of aliphatic hydroxyl groups is 1. The van der Waals surface area contributed by atoms with Crippen molar-refractivity contribution in [1.82, 2.24) is 5.32 Å². The first kappa shape index (κ1) is 8.99. The average Bonchev–Trinajstić information content (AvgIpc) is 2.29. The van der Waals surface area contributed by atoms with E-state index < -0.39 is 6.23 Å². The fourth-order valence-electron chi connectivity index (χ4n) is 1.33. The van der Waals surface area contributed by atoms with Crippen LogP contribution in [0.25, 0.3) is 0 Å². The second-order valence-electron chi connectivity index (χ2n) is 2.89. The van der Waals surface area contributed by atoms with Crippen LogP contribution in [0, 0.1) is 0 Å². The SMILES string of the molecule is OC1NCCOc2ccc(Br)cc21. The maximum atomic E-state index is 9.65. The minimum atomic E-state index is -0.630. The number of hydrogen-bond donors (Lipinski definition) is 2. The predicted octanol–water partition coefficient (Wildman–Crippen LogP) is 1.42. The van der Waals surface area contributed by atoms with E-state index in [0.717, 1.165) is 15.8 Å². The Balaban J connectivity index is 2.43. The minimum Gasteiger partial charge on any atom is -0.492 e. The molecular formula is C9H10BrNO2. The molecule has 1 unspecified atom stereocenters. The van der Waals surface area contributed by atoms with Crippen LogP contribution in [-0.4, -0.2) is 18.3 Å². The van der Waals surface area contributed by atoms with E-state index >= 15 is 0 Å². The molecule has 0 saturated heterocycles. The lowest BCUT2D eigenvalue weighted by Crippen LogP contribution is -2.22. The van der Waals surface area contributed by atoms with Gasteiger partial charge in [0.2, 0.25) is 0 Å². The van der Waals surface area contributed by atoms with Crippen molar-refractivity contribution in [2.24, 2.45) is 0 Å². The quantitative estimate of drug-likeness (QED) is 0.725. The number of aliphatic hydroxyl groups excluding tert-OH is 1. The summed E-state index contributed by atoms with van der Waals surface area (Å²) < 4.78 is 6.37. The molecule has 0 amide bonds. The molecule has 0 aliphatic carbocycles. The largest absolute Gasteiger partial charge is 0.492 e. The molecule has 1 aliphatic rings. The van der Waals surface area contributed by atoms with Gasteiger partial charge in [0.15, 0.2) is 0 Å². The van der Waals surface area contributed by atoms with Gasteiger partial charge in [-0.25, -0.2) is 0 Å². The molecule has 1 aliphatic heterocycles. The minimum absolute atomic E-state index is 0.589. The van der Waals surface area contributed by atoms with Crippen molar-refractivity contribution in [3.63, 3.8) is 0 Å². The predicted molar refractivity (Wildman–Crippen MR) is 52.6 cm³/mol. The molecule has 0 aromatic heterocycles. The van der Waals surface area contributed by atoms with Crippen LogP contribution in [0.15, 0.2) is 22.7 Å². The molecule has 0 bridgehead atoms. The van der Waals surface area contributed by atoms with Crippen molar-refractivity contribution in [3.8, 4) is 5.75 Å². The van der Waals surface area contributed by atoms with Gasteiger partial charge in [0.1, 0.15) is 18.6 Å². The van der Waals surface area contributed by atoms with Crippen LogP contribution >= 0.6 is 15.9 Å². The molecule has 1 aromatic rings. The zero-order valence-corrected chi connectivity index (χ0v) is 8.54. The Kier molecular flexibility index (Phi) is 2.53. The highest BCUT2D eigenvalue weighted by Crippen LogP contribution is 2.28. The number of rotatable bonds is 0. The van der Waals surface area contributed by atoms with Gasteiger partial charge in [-0.1, -0.05) is 15.9 Å². The van der Waals surface area contributed by atoms with E-state index in [1.54, 1.807) is 0 Å². The monoisotopic (exact) mass is 243 g/mol. The maximum Gasteiger partial charge on any atom is 0.134 e. The molecule has 0 saturated carbocycles. The van der Waals surface area contributed by atoms with Gasteiger partial charge < -0.3 is 9.84 Å². The number of halogens is 1. The molecule has 70 valence electrons. The third-order valence-electron chi connectivity index (χ3n) is 1.96. The maximum absolute atomic E-state index is 9.65. The van der Waals surface area contributed by atoms with Crippen molar-refractivity contribution in [2.75, 3.05) is 13.2 Å². The fourth-order valence-corrected chi connectivity index (χ4v) is 1.71. The van der Waals surface area contributed by atoms with Crippen LogP contribution in [0.5, 0.6) is 5.75 Å². The number of hydrogen-bond acceptors (Lipinski definition) is 3. The fraction of sp³-hybridized carbons (Fsp3) is 0.333.